The number of halogens is 1. The standard InChI is InChI=1S/C37H51ClN2O7/c1-24(2)19-32(35(43)44)47-36(45)37(5,6)23-39-34(42)30(22-28-17-18-31(46-7)29(38)21-28)40-33(41)16-12-11-13-25(3)26(4)20-27-14-9-8-10-15-27/h8-10,12,14-18,21,24-26,30,32H,11,13,19-20,22-23H2,1-7H3,(H,39,42)(H,40,41)(H,43,44)/b16-12+/t25?,26-,30-,32?/m1/s1. The fourth-order valence-corrected chi connectivity index (χ4v) is 5.22. The summed E-state index contributed by atoms with van der Waals surface area (Å²) in [6.45, 7) is 11.1. The van der Waals surface area contributed by atoms with Crippen LogP contribution in [0.4, 0.5) is 0 Å². The highest BCUT2D eigenvalue weighted by atomic mass is 35.5. The topological polar surface area (TPSA) is 131 Å². The monoisotopic (exact) mass is 670 g/mol. The number of hydrogen-bond donors (Lipinski definition) is 3. The molecule has 258 valence electrons. The van der Waals surface area contributed by atoms with Crippen molar-refractivity contribution < 1.29 is 33.8 Å². The van der Waals surface area contributed by atoms with Crippen LogP contribution in [-0.4, -0.2) is 54.7 Å². The number of carboxylic acid groups (broad SMARTS) is 1. The summed E-state index contributed by atoms with van der Waals surface area (Å²) in [6.07, 6.45) is 4.88. The zero-order chi connectivity index (χ0) is 35.1. The molecule has 10 heteroatoms. The van der Waals surface area contributed by atoms with E-state index in [1.54, 1.807) is 32.0 Å². The van der Waals surface area contributed by atoms with Crippen molar-refractivity contribution in [1.29, 1.82) is 0 Å². The molecule has 2 aromatic rings. The highest BCUT2D eigenvalue weighted by Gasteiger charge is 2.35. The zero-order valence-electron chi connectivity index (χ0n) is 28.7. The fourth-order valence-electron chi connectivity index (χ4n) is 4.94. The van der Waals surface area contributed by atoms with Gasteiger partial charge in [-0.1, -0.05) is 81.8 Å². The van der Waals surface area contributed by atoms with Crippen LogP contribution in [0, 0.1) is 23.2 Å². The Balaban J connectivity index is 2.06. The predicted molar refractivity (Wildman–Crippen MR) is 184 cm³/mol. The molecule has 4 atom stereocenters. The van der Waals surface area contributed by atoms with Crippen LogP contribution in [0.5, 0.6) is 5.75 Å². The smallest absolute Gasteiger partial charge is 0.345 e. The second kappa shape index (κ2) is 19.1. The van der Waals surface area contributed by atoms with Gasteiger partial charge in [-0.3, -0.25) is 14.4 Å². The maximum absolute atomic E-state index is 13.4. The average molecular weight is 671 g/mol. The number of carbonyl (C=O) groups excluding carboxylic acids is 3. The van der Waals surface area contributed by atoms with E-state index < -0.39 is 41.3 Å². The van der Waals surface area contributed by atoms with Gasteiger partial charge < -0.3 is 25.2 Å². The molecule has 47 heavy (non-hydrogen) atoms. The van der Waals surface area contributed by atoms with Gasteiger partial charge in [0.05, 0.1) is 17.5 Å². The molecule has 0 aromatic heterocycles. The summed E-state index contributed by atoms with van der Waals surface area (Å²) < 4.78 is 10.5. The zero-order valence-corrected chi connectivity index (χ0v) is 29.4. The van der Waals surface area contributed by atoms with Crippen molar-refractivity contribution in [2.45, 2.75) is 85.8 Å². The second-order valence-electron chi connectivity index (χ2n) is 13.3. The Morgan fingerprint density at radius 3 is 2.23 bits per heavy atom. The van der Waals surface area contributed by atoms with Crippen molar-refractivity contribution in [2.24, 2.45) is 23.2 Å². The quantitative estimate of drug-likeness (QED) is 0.116. The largest absolute Gasteiger partial charge is 0.495 e. The molecule has 9 nitrogen and oxygen atoms in total. The van der Waals surface area contributed by atoms with Gasteiger partial charge in [0.1, 0.15) is 11.8 Å². The number of nitrogens with one attached hydrogen (secondary N) is 2. The average Bonchev–Trinajstić information content (AvgIpc) is 3.01. The summed E-state index contributed by atoms with van der Waals surface area (Å²) in [7, 11) is 1.50. The number of amides is 2. The Bertz CT molecular complexity index is 1360. The van der Waals surface area contributed by atoms with Crippen LogP contribution in [0.15, 0.2) is 60.7 Å². The molecule has 0 bridgehead atoms. The lowest BCUT2D eigenvalue weighted by Crippen LogP contribution is -2.51. The van der Waals surface area contributed by atoms with Crippen LogP contribution < -0.4 is 15.4 Å². The molecule has 2 rings (SSSR count). The van der Waals surface area contributed by atoms with Gasteiger partial charge in [0, 0.05) is 13.0 Å². The van der Waals surface area contributed by atoms with E-state index in [0.29, 0.717) is 34.6 Å². The van der Waals surface area contributed by atoms with E-state index in [-0.39, 0.29) is 25.3 Å². The third-order valence-corrected chi connectivity index (χ3v) is 8.48. The highest BCUT2D eigenvalue weighted by molar-refractivity contribution is 6.32. The van der Waals surface area contributed by atoms with Gasteiger partial charge in [0.25, 0.3) is 0 Å². The minimum absolute atomic E-state index is 0.00296. The number of benzene rings is 2. The molecule has 3 N–H and O–H groups in total. The SMILES string of the molecule is COc1ccc(C[C@@H](NC(=O)/C=C/CCC(C)[C@H](C)Cc2ccccc2)C(=O)NCC(C)(C)C(=O)OC(CC(C)C)C(=O)O)cc1Cl. The van der Waals surface area contributed by atoms with Gasteiger partial charge in [0.2, 0.25) is 11.8 Å². The minimum Gasteiger partial charge on any atom is -0.495 e. The fraction of sp³-hybridized carbons (Fsp3) is 0.514. The second-order valence-corrected chi connectivity index (χ2v) is 13.7. The van der Waals surface area contributed by atoms with Crippen molar-refractivity contribution in [3.05, 3.63) is 76.8 Å². The Morgan fingerprint density at radius 2 is 1.64 bits per heavy atom. The molecule has 0 fully saturated rings. The molecule has 0 saturated heterocycles. The Morgan fingerprint density at radius 1 is 0.957 bits per heavy atom. The van der Waals surface area contributed by atoms with Crippen LogP contribution in [-0.2, 0) is 36.8 Å². The summed E-state index contributed by atoms with van der Waals surface area (Å²) in [5.74, 6) is -1.49. The molecular formula is C37H51ClN2O7. The molecule has 0 spiro atoms. The normalized spacial score (nSPS) is 14.2. The van der Waals surface area contributed by atoms with Crippen LogP contribution in [0.2, 0.25) is 5.02 Å². The van der Waals surface area contributed by atoms with E-state index in [1.807, 2.05) is 38.1 Å². The van der Waals surface area contributed by atoms with Gasteiger partial charge in [-0.05, 0) is 86.6 Å². The summed E-state index contributed by atoms with van der Waals surface area (Å²) >= 11 is 6.31. The number of allylic oxidation sites excluding steroid dienone is 1. The van der Waals surface area contributed by atoms with E-state index >= 15 is 0 Å². The van der Waals surface area contributed by atoms with Crippen molar-refractivity contribution in [2.75, 3.05) is 13.7 Å². The molecule has 0 heterocycles. The maximum Gasteiger partial charge on any atom is 0.345 e. The number of esters is 1. The van der Waals surface area contributed by atoms with Crippen molar-refractivity contribution in [1.82, 2.24) is 10.6 Å². The summed E-state index contributed by atoms with van der Waals surface area (Å²) in [6, 6.07) is 14.5. The van der Waals surface area contributed by atoms with Crippen molar-refractivity contribution >= 4 is 35.4 Å². The van der Waals surface area contributed by atoms with Crippen LogP contribution >= 0.6 is 11.6 Å². The highest BCUT2D eigenvalue weighted by Crippen LogP contribution is 2.26. The van der Waals surface area contributed by atoms with Crippen LogP contribution in [0.3, 0.4) is 0 Å². The van der Waals surface area contributed by atoms with Crippen LogP contribution in [0.25, 0.3) is 0 Å². The molecular weight excluding hydrogens is 620 g/mol. The van der Waals surface area contributed by atoms with E-state index in [4.69, 9.17) is 21.1 Å². The summed E-state index contributed by atoms with van der Waals surface area (Å²) in [4.78, 5) is 50.9. The number of hydrogen-bond acceptors (Lipinski definition) is 6. The molecule has 0 aliphatic rings. The van der Waals surface area contributed by atoms with Gasteiger partial charge in [-0.2, -0.15) is 0 Å². The molecule has 2 amide bonds. The first-order valence-corrected chi connectivity index (χ1v) is 16.6. The van der Waals surface area contributed by atoms with Gasteiger partial charge in [0.15, 0.2) is 6.10 Å². The Hall–Kier alpha value is -3.85. The first-order valence-electron chi connectivity index (χ1n) is 16.2. The number of carbonyl (C=O) groups is 4. The van der Waals surface area contributed by atoms with Gasteiger partial charge >= 0.3 is 11.9 Å². The predicted octanol–water partition coefficient (Wildman–Crippen LogP) is 6.41. The lowest BCUT2D eigenvalue weighted by molar-refractivity contribution is -0.171. The van der Waals surface area contributed by atoms with Crippen LogP contribution in [0.1, 0.15) is 71.9 Å². The molecule has 0 aliphatic heterocycles. The molecule has 2 unspecified atom stereocenters. The molecule has 0 aliphatic carbocycles. The van der Waals surface area contributed by atoms with Crippen molar-refractivity contribution in [3.8, 4) is 5.75 Å². The Kier molecular flexibility index (Phi) is 16.0. The number of methoxy groups -OCH3 is 1. The lowest BCUT2D eigenvalue weighted by Gasteiger charge is -2.27. The third-order valence-electron chi connectivity index (χ3n) is 8.19. The van der Waals surface area contributed by atoms with Crippen molar-refractivity contribution in [3.63, 3.8) is 0 Å². The van der Waals surface area contributed by atoms with E-state index in [0.717, 1.165) is 12.8 Å². The number of carboxylic acids is 1. The number of aliphatic carboxylic acids is 1. The Labute approximate surface area is 284 Å². The summed E-state index contributed by atoms with van der Waals surface area (Å²) in [5, 5.41) is 15.4. The number of ether oxygens (including phenoxy) is 2. The van der Waals surface area contributed by atoms with E-state index in [2.05, 4.69) is 36.6 Å². The molecule has 2 aromatic carbocycles. The van der Waals surface area contributed by atoms with E-state index in [1.165, 1.54) is 18.7 Å². The van der Waals surface area contributed by atoms with Gasteiger partial charge in [-0.25, -0.2) is 4.79 Å². The first kappa shape index (κ1) is 39.3. The molecule has 0 saturated carbocycles. The number of rotatable bonds is 19. The third kappa shape index (κ3) is 13.8. The maximum atomic E-state index is 13.4. The van der Waals surface area contributed by atoms with E-state index in [9.17, 15) is 24.3 Å². The minimum atomic E-state index is -1.29. The lowest BCUT2D eigenvalue weighted by atomic mass is 9.86. The van der Waals surface area contributed by atoms with Gasteiger partial charge in [-0.15, -0.1) is 0 Å². The summed E-state index contributed by atoms with van der Waals surface area (Å²) in [5.41, 5.74) is 0.769. The molecule has 0 radical (unpaired) electrons. The first-order chi connectivity index (χ1) is 22.1.